The zero-order valence-electron chi connectivity index (χ0n) is 11.9. The molecule has 3 aromatic rings. The van der Waals surface area contributed by atoms with Crippen LogP contribution in [-0.2, 0) is 6.54 Å². The van der Waals surface area contributed by atoms with Crippen molar-refractivity contribution in [2.24, 2.45) is 0 Å². The summed E-state index contributed by atoms with van der Waals surface area (Å²) in [6.45, 7) is 0.123. The van der Waals surface area contributed by atoms with Crippen LogP contribution in [0.3, 0.4) is 0 Å². The molecule has 0 saturated heterocycles. The molecule has 1 aromatic carbocycles. The predicted molar refractivity (Wildman–Crippen MR) is 84.8 cm³/mol. The van der Waals surface area contributed by atoms with Crippen molar-refractivity contribution < 1.29 is 9.21 Å². The third-order valence-corrected chi connectivity index (χ3v) is 3.15. The Morgan fingerprint density at radius 3 is 2.57 bits per heavy atom. The molecule has 2 heterocycles. The lowest BCUT2D eigenvalue weighted by atomic mass is 10.3. The van der Waals surface area contributed by atoms with Crippen molar-refractivity contribution in [1.82, 2.24) is 20.5 Å². The molecule has 0 aliphatic rings. The predicted octanol–water partition coefficient (Wildman–Crippen LogP) is 3.11. The SMILES string of the molecule is O=C(NCc1nnc(-c2ccncc2)o1)Nc1ccc(Cl)cc1. The summed E-state index contributed by atoms with van der Waals surface area (Å²) < 4.78 is 5.48. The second-order valence-corrected chi connectivity index (χ2v) is 4.99. The van der Waals surface area contributed by atoms with Gasteiger partial charge in [0.1, 0.15) is 0 Å². The number of amides is 2. The molecule has 0 aliphatic heterocycles. The minimum atomic E-state index is -0.379. The summed E-state index contributed by atoms with van der Waals surface area (Å²) in [6, 6.07) is 9.94. The lowest BCUT2D eigenvalue weighted by Gasteiger charge is -2.05. The molecule has 2 N–H and O–H groups in total. The van der Waals surface area contributed by atoms with Gasteiger partial charge in [0.05, 0.1) is 6.54 Å². The Morgan fingerprint density at radius 1 is 1.09 bits per heavy atom. The van der Waals surface area contributed by atoms with E-state index < -0.39 is 0 Å². The van der Waals surface area contributed by atoms with E-state index in [2.05, 4.69) is 25.8 Å². The Balaban J connectivity index is 1.55. The number of carbonyl (C=O) groups excluding carboxylic acids is 1. The average molecular weight is 330 g/mol. The molecule has 0 saturated carbocycles. The van der Waals surface area contributed by atoms with Crippen molar-refractivity contribution >= 4 is 23.3 Å². The molecule has 2 amide bonds. The van der Waals surface area contributed by atoms with Crippen molar-refractivity contribution in [1.29, 1.82) is 0 Å². The molecule has 7 nitrogen and oxygen atoms in total. The van der Waals surface area contributed by atoms with Crippen molar-refractivity contribution in [2.75, 3.05) is 5.32 Å². The summed E-state index contributed by atoms with van der Waals surface area (Å²) >= 11 is 5.78. The van der Waals surface area contributed by atoms with E-state index in [1.807, 2.05) is 0 Å². The molecule has 0 aliphatic carbocycles. The van der Waals surface area contributed by atoms with Crippen molar-refractivity contribution in [3.63, 3.8) is 0 Å². The summed E-state index contributed by atoms with van der Waals surface area (Å²) in [5, 5.41) is 13.7. The number of pyridine rings is 1. The molecule has 23 heavy (non-hydrogen) atoms. The topological polar surface area (TPSA) is 92.9 Å². The standard InChI is InChI=1S/C15H12ClN5O2/c16-11-1-3-12(4-2-11)19-15(22)18-9-13-20-21-14(23-13)10-5-7-17-8-6-10/h1-8H,9H2,(H2,18,19,22). The van der Waals surface area contributed by atoms with E-state index in [9.17, 15) is 4.79 Å². The first-order chi connectivity index (χ1) is 11.2. The minimum absolute atomic E-state index is 0.123. The van der Waals surface area contributed by atoms with Crippen LogP contribution < -0.4 is 10.6 Å². The number of nitrogens with zero attached hydrogens (tertiary/aromatic N) is 3. The number of aromatic nitrogens is 3. The van der Waals surface area contributed by atoms with Crippen LogP contribution in [-0.4, -0.2) is 21.2 Å². The number of carbonyl (C=O) groups is 1. The smallest absolute Gasteiger partial charge is 0.319 e. The summed E-state index contributed by atoms with van der Waals surface area (Å²) in [5.74, 6) is 0.686. The zero-order chi connectivity index (χ0) is 16.1. The number of nitrogens with one attached hydrogen (secondary N) is 2. The lowest BCUT2D eigenvalue weighted by molar-refractivity contribution is 0.250. The van der Waals surface area contributed by atoms with E-state index in [1.165, 1.54) is 0 Å². The first-order valence-corrected chi connectivity index (χ1v) is 7.12. The van der Waals surface area contributed by atoms with Gasteiger partial charge in [0.15, 0.2) is 0 Å². The highest BCUT2D eigenvalue weighted by molar-refractivity contribution is 6.30. The number of rotatable bonds is 4. The lowest BCUT2D eigenvalue weighted by Crippen LogP contribution is -2.28. The van der Waals surface area contributed by atoms with Crippen molar-refractivity contribution in [3.05, 3.63) is 59.7 Å². The van der Waals surface area contributed by atoms with Gasteiger partial charge in [0.2, 0.25) is 11.8 Å². The fourth-order valence-corrected chi connectivity index (χ4v) is 1.93. The third-order valence-electron chi connectivity index (χ3n) is 2.90. The molecule has 0 unspecified atom stereocenters. The van der Waals surface area contributed by atoms with Gasteiger partial charge in [-0.15, -0.1) is 10.2 Å². The normalized spacial score (nSPS) is 10.3. The molecule has 2 aromatic heterocycles. The monoisotopic (exact) mass is 329 g/mol. The van der Waals surface area contributed by atoms with E-state index in [4.69, 9.17) is 16.0 Å². The zero-order valence-corrected chi connectivity index (χ0v) is 12.6. The second-order valence-electron chi connectivity index (χ2n) is 4.55. The van der Waals surface area contributed by atoms with E-state index in [0.29, 0.717) is 22.5 Å². The van der Waals surface area contributed by atoms with Crippen molar-refractivity contribution in [2.45, 2.75) is 6.54 Å². The third kappa shape index (κ3) is 4.04. The summed E-state index contributed by atoms with van der Waals surface area (Å²) in [6.07, 6.45) is 3.27. The number of anilines is 1. The minimum Gasteiger partial charge on any atom is -0.419 e. The summed E-state index contributed by atoms with van der Waals surface area (Å²) in [4.78, 5) is 15.7. The van der Waals surface area contributed by atoms with Crippen molar-refractivity contribution in [3.8, 4) is 11.5 Å². The van der Waals surface area contributed by atoms with Crippen LogP contribution in [0.5, 0.6) is 0 Å². The molecule has 0 radical (unpaired) electrons. The van der Waals surface area contributed by atoms with E-state index >= 15 is 0 Å². The maximum absolute atomic E-state index is 11.8. The maximum Gasteiger partial charge on any atom is 0.319 e. The van der Waals surface area contributed by atoms with Gasteiger partial charge in [-0.1, -0.05) is 11.6 Å². The average Bonchev–Trinajstić information content (AvgIpc) is 3.05. The van der Waals surface area contributed by atoms with Gasteiger partial charge in [0.25, 0.3) is 0 Å². The van der Waals surface area contributed by atoms with Gasteiger partial charge < -0.3 is 15.1 Å². The molecule has 116 valence electrons. The van der Waals surface area contributed by atoms with Gasteiger partial charge in [0, 0.05) is 28.7 Å². The van der Waals surface area contributed by atoms with E-state index in [1.54, 1.807) is 48.8 Å². The molecule has 8 heteroatoms. The summed E-state index contributed by atoms with van der Waals surface area (Å²) in [5.41, 5.74) is 1.40. The van der Waals surface area contributed by atoms with Gasteiger partial charge in [-0.3, -0.25) is 4.98 Å². The Hall–Kier alpha value is -2.93. The highest BCUT2D eigenvalue weighted by Crippen LogP contribution is 2.16. The quantitative estimate of drug-likeness (QED) is 0.767. The number of hydrogen-bond donors (Lipinski definition) is 2. The highest BCUT2D eigenvalue weighted by Gasteiger charge is 2.09. The molecule has 0 spiro atoms. The van der Waals surface area contributed by atoms with Gasteiger partial charge >= 0.3 is 6.03 Å². The molecular formula is C15H12ClN5O2. The van der Waals surface area contributed by atoms with Crippen LogP contribution in [0.15, 0.2) is 53.2 Å². The largest absolute Gasteiger partial charge is 0.419 e. The summed E-state index contributed by atoms with van der Waals surface area (Å²) in [7, 11) is 0. The van der Waals surface area contributed by atoms with Crippen LogP contribution in [0.25, 0.3) is 11.5 Å². The molecular weight excluding hydrogens is 318 g/mol. The Labute approximate surface area is 136 Å². The van der Waals surface area contributed by atoms with Crippen LogP contribution in [0, 0.1) is 0 Å². The number of urea groups is 1. The van der Waals surface area contributed by atoms with Gasteiger partial charge in [-0.05, 0) is 36.4 Å². The Morgan fingerprint density at radius 2 is 1.83 bits per heavy atom. The number of halogens is 1. The van der Waals surface area contributed by atoms with Crippen LogP contribution in [0.2, 0.25) is 5.02 Å². The van der Waals surface area contributed by atoms with E-state index in [-0.39, 0.29) is 12.6 Å². The van der Waals surface area contributed by atoms with Crippen LogP contribution in [0.4, 0.5) is 10.5 Å². The first-order valence-electron chi connectivity index (χ1n) is 6.74. The second kappa shape index (κ2) is 6.89. The Kier molecular flexibility index (Phi) is 4.49. The molecule has 0 atom stereocenters. The maximum atomic E-state index is 11.8. The molecule has 3 rings (SSSR count). The van der Waals surface area contributed by atoms with Gasteiger partial charge in [-0.2, -0.15) is 0 Å². The van der Waals surface area contributed by atoms with Gasteiger partial charge in [-0.25, -0.2) is 4.79 Å². The molecule has 0 fully saturated rings. The number of benzene rings is 1. The number of hydrogen-bond acceptors (Lipinski definition) is 5. The first kappa shape index (κ1) is 15.0. The fraction of sp³-hybridized carbons (Fsp3) is 0.0667. The van der Waals surface area contributed by atoms with E-state index in [0.717, 1.165) is 5.56 Å². The molecule has 0 bridgehead atoms. The highest BCUT2D eigenvalue weighted by atomic mass is 35.5. The Bertz CT molecular complexity index is 789. The van der Waals surface area contributed by atoms with Crippen LogP contribution in [0.1, 0.15) is 5.89 Å². The fourth-order valence-electron chi connectivity index (χ4n) is 1.80. The van der Waals surface area contributed by atoms with Crippen LogP contribution >= 0.6 is 11.6 Å².